The van der Waals surface area contributed by atoms with Gasteiger partial charge in [0.05, 0.1) is 6.10 Å². The maximum atomic E-state index is 12.1. The van der Waals surface area contributed by atoms with Crippen molar-refractivity contribution in [3.05, 3.63) is 0 Å². The highest BCUT2D eigenvalue weighted by atomic mass is 16.5. The molecule has 2 atom stereocenters. The Morgan fingerprint density at radius 3 is 2.56 bits per heavy atom. The summed E-state index contributed by atoms with van der Waals surface area (Å²) in [5, 5.41) is 3.30. The second kappa shape index (κ2) is 5.67. The van der Waals surface area contributed by atoms with Gasteiger partial charge < -0.3 is 10.1 Å². The molecule has 0 aromatic carbocycles. The molecule has 1 saturated heterocycles. The van der Waals surface area contributed by atoms with Crippen molar-refractivity contribution in [2.75, 3.05) is 6.54 Å². The van der Waals surface area contributed by atoms with Crippen molar-refractivity contribution < 1.29 is 9.53 Å². The van der Waals surface area contributed by atoms with Crippen LogP contribution in [0.25, 0.3) is 0 Å². The molecule has 0 saturated carbocycles. The molecule has 16 heavy (non-hydrogen) atoms. The van der Waals surface area contributed by atoms with E-state index >= 15 is 0 Å². The molecule has 0 bridgehead atoms. The summed E-state index contributed by atoms with van der Waals surface area (Å²) in [5.74, 6) is 0.512. The number of rotatable bonds is 5. The first-order chi connectivity index (χ1) is 7.50. The summed E-state index contributed by atoms with van der Waals surface area (Å²) in [6.45, 7) is 9.26. The van der Waals surface area contributed by atoms with E-state index in [0.717, 1.165) is 32.2 Å². The summed E-state index contributed by atoms with van der Waals surface area (Å²) in [6.07, 6.45) is 3.77. The molecule has 94 valence electrons. The minimum absolute atomic E-state index is 0.0262. The van der Waals surface area contributed by atoms with Crippen LogP contribution >= 0.6 is 0 Å². The van der Waals surface area contributed by atoms with E-state index < -0.39 is 5.54 Å². The molecule has 1 heterocycles. The van der Waals surface area contributed by atoms with Crippen molar-refractivity contribution in [2.45, 2.75) is 65.0 Å². The summed E-state index contributed by atoms with van der Waals surface area (Å²) in [7, 11) is 0. The average molecular weight is 227 g/mol. The van der Waals surface area contributed by atoms with E-state index in [2.05, 4.69) is 19.2 Å². The van der Waals surface area contributed by atoms with Gasteiger partial charge in [0.2, 0.25) is 0 Å². The van der Waals surface area contributed by atoms with E-state index in [1.165, 1.54) is 0 Å². The van der Waals surface area contributed by atoms with Gasteiger partial charge in [0.15, 0.2) is 0 Å². The van der Waals surface area contributed by atoms with Gasteiger partial charge in [-0.05, 0) is 45.1 Å². The Morgan fingerprint density at radius 2 is 2.12 bits per heavy atom. The van der Waals surface area contributed by atoms with E-state index in [4.69, 9.17) is 4.74 Å². The van der Waals surface area contributed by atoms with Gasteiger partial charge in [-0.15, -0.1) is 0 Å². The van der Waals surface area contributed by atoms with Gasteiger partial charge in [-0.3, -0.25) is 4.79 Å². The summed E-state index contributed by atoms with van der Waals surface area (Å²) in [5.41, 5.74) is -0.398. The van der Waals surface area contributed by atoms with Gasteiger partial charge in [0.1, 0.15) is 5.54 Å². The number of carbonyl (C=O) groups is 1. The second-order valence-corrected chi connectivity index (χ2v) is 5.31. The van der Waals surface area contributed by atoms with Crippen molar-refractivity contribution >= 4 is 5.97 Å². The third-order valence-corrected chi connectivity index (χ3v) is 3.35. The fourth-order valence-electron chi connectivity index (χ4n) is 2.43. The zero-order valence-electron chi connectivity index (χ0n) is 11.0. The Morgan fingerprint density at radius 1 is 1.44 bits per heavy atom. The quantitative estimate of drug-likeness (QED) is 0.733. The molecule has 2 unspecified atom stereocenters. The standard InChI is InChI=1S/C13H25NO2/c1-5-13(7-6-8-14-13)12(15)16-11(4)9-10(2)3/h10-11,14H,5-9H2,1-4H3. The predicted molar refractivity (Wildman–Crippen MR) is 65.3 cm³/mol. The van der Waals surface area contributed by atoms with E-state index in [1.807, 2.05) is 13.8 Å². The number of carbonyl (C=O) groups excluding carboxylic acids is 1. The lowest BCUT2D eigenvalue weighted by molar-refractivity contribution is -0.156. The normalized spacial score (nSPS) is 27.1. The Kier molecular flexibility index (Phi) is 4.78. The van der Waals surface area contributed by atoms with Gasteiger partial charge in [-0.2, -0.15) is 0 Å². The molecular formula is C13H25NO2. The molecule has 1 aliphatic heterocycles. The summed E-state index contributed by atoms with van der Waals surface area (Å²) in [6, 6.07) is 0. The molecule has 0 aromatic heterocycles. The minimum atomic E-state index is -0.398. The van der Waals surface area contributed by atoms with Crippen molar-refractivity contribution in [1.82, 2.24) is 5.32 Å². The zero-order valence-corrected chi connectivity index (χ0v) is 11.0. The van der Waals surface area contributed by atoms with Gasteiger partial charge in [-0.25, -0.2) is 0 Å². The van der Waals surface area contributed by atoms with Crippen LogP contribution in [0.3, 0.4) is 0 Å². The molecule has 3 nitrogen and oxygen atoms in total. The Balaban J connectivity index is 2.50. The van der Waals surface area contributed by atoms with Gasteiger partial charge in [0.25, 0.3) is 0 Å². The van der Waals surface area contributed by atoms with Gasteiger partial charge >= 0.3 is 5.97 Å². The molecule has 0 spiro atoms. The smallest absolute Gasteiger partial charge is 0.326 e. The van der Waals surface area contributed by atoms with E-state index in [1.54, 1.807) is 0 Å². The molecule has 0 amide bonds. The number of esters is 1. The first-order valence-electron chi connectivity index (χ1n) is 6.46. The third kappa shape index (κ3) is 3.21. The van der Waals surface area contributed by atoms with Crippen LogP contribution in [0.15, 0.2) is 0 Å². The highest BCUT2D eigenvalue weighted by Gasteiger charge is 2.41. The van der Waals surface area contributed by atoms with E-state index in [9.17, 15) is 4.79 Å². The zero-order chi connectivity index (χ0) is 12.2. The number of ether oxygens (including phenoxy) is 1. The minimum Gasteiger partial charge on any atom is -0.461 e. The monoisotopic (exact) mass is 227 g/mol. The first-order valence-corrected chi connectivity index (χ1v) is 6.46. The largest absolute Gasteiger partial charge is 0.461 e. The Labute approximate surface area is 98.9 Å². The number of hydrogen-bond acceptors (Lipinski definition) is 3. The molecule has 1 rings (SSSR count). The lowest BCUT2D eigenvalue weighted by Crippen LogP contribution is -2.49. The SMILES string of the molecule is CCC1(C(=O)OC(C)CC(C)C)CCCN1. The summed E-state index contributed by atoms with van der Waals surface area (Å²) in [4.78, 5) is 12.1. The second-order valence-electron chi connectivity index (χ2n) is 5.31. The Hall–Kier alpha value is -0.570. The molecular weight excluding hydrogens is 202 g/mol. The highest BCUT2D eigenvalue weighted by Crippen LogP contribution is 2.25. The van der Waals surface area contributed by atoms with Crippen LogP contribution in [-0.4, -0.2) is 24.2 Å². The molecule has 1 aliphatic rings. The van der Waals surface area contributed by atoms with Crippen LogP contribution in [0.5, 0.6) is 0 Å². The van der Waals surface area contributed by atoms with Gasteiger partial charge in [0, 0.05) is 0 Å². The van der Waals surface area contributed by atoms with Crippen LogP contribution in [0.4, 0.5) is 0 Å². The van der Waals surface area contributed by atoms with Gasteiger partial charge in [-0.1, -0.05) is 20.8 Å². The number of nitrogens with one attached hydrogen (secondary N) is 1. The molecule has 0 aromatic rings. The Bertz CT molecular complexity index is 232. The van der Waals surface area contributed by atoms with Crippen LogP contribution < -0.4 is 5.32 Å². The fraction of sp³-hybridized carbons (Fsp3) is 0.923. The fourth-order valence-corrected chi connectivity index (χ4v) is 2.43. The third-order valence-electron chi connectivity index (χ3n) is 3.35. The van der Waals surface area contributed by atoms with Crippen LogP contribution in [0.1, 0.15) is 53.4 Å². The topological polar surface area (TPSA) is 38.3 Å². The first kappa shape index (κ1) is 13.5. The van der Waals surface area contributed by atoms with Crippen molar-refractivity contribution in [1.29, 1.82) is 0 Å². The molecule has 0 radical (unpaired) electrons. The average Bonchev–Trinajstić information content (AvgIpc) is 2.65. The molecule has 3 heteroatoms. The molecule has 1 fully saturated rings. The predicted octanol–water partition coefficient (Wildman–Crippen LogP) is 2.50. The van der Waals surface area contributed by atoms with Crippen LogP contribution in [0.2, 0.25) is 0 Å². The lowest BCUT2D eigenvalue weighted by Gasteiger charge is -2.28. The number of hydrogen-bond donors (Lipinski definition) is 1. The van der Waals surface area contributed by atoms with Crippen LogP contribution in [-0.2, 0) is 9.53 Å². The van der Waals surface area contributed by atoms with E-state index in [-0.39, 0.29) is 12.1 Å². The molecule has 1 N–H and O–H groups in total. The maximum Gasteiger partial charge on any atom is 0.326 e. The summed E-state index contributed by atoms with van der Waals surface area (Å²) >= 11 is 0. The summed E-state index contributed by atoms with van der Waals surface area (Å²) < 4.78 is 5.54. The van der Waals surface area contributed by atoms with Crippen molar-refractivity contribution in [2.24, 2.45) is 5.92 Å². The van der Waals surface area contributed by atoms with E-state index in [0.29, 0.717) is 5.92 Å². The highest BCUT2D eigenvalue weighted by molar-refractivity contribution is 5.81. The van der Waals surface area contributed by atoms with Crippen LogP contribution in [0, 0.1) is 5.92 Å². The van der Waals surface area contributed by atoms with Crippen molar-refractivity contribution in [3.63, 3.8) is 0 Å². The maximum absolute atomic E-state index is 12.1. The lowest BCUT2D eigenvalue weighted by atomic mass is 9.94. The van der Waals surface area contributed by atoms with Crippen molar-refractivity contribution in [3.8, 4) is 0 Å². The molecule has 0 aliphatic carbocycles.